The summed E-state index contributed by atoms with van der Waals surface area (Å²) in [6, 6.07) is 7.15. The molecule has 2 rings (SSSR count). The Morgan fingerprint density at radius 1 is 1.35 bits per heavy atom. The SMILES string of the molecule is CCC(=O)c1oc2ccccc2c1N[C-]=O.O=[C-]O.[Y]. The van der Waals surface area contributed by atoms with Crippen molar-refractivity contribution in [2.45, 2.75) is 13.3 Å². The van der Waals surface area contributed by atoms with Gasteiger partial charge in [0.25, 0.3) is 0 Å². The van der Waals surface area contributed by atoms with Gasteiger partial charge in [0.2, 0.25) is 0 Å². The van der Waals surface area contributed by atoms with Crippen molar-refractivity contribution in [3.63, 3.8) is 0 Å². The Balaban J connectivity index is 0.000000830. The summed E-state index contributed by atoms with van der Waals surface area (Å²) in [5.41, 5.74) is 0.981. The van der Waals surface area contributed by atoms with Crippen LogP contribution in [0.1, 0.15) is 23.9 Å². The number of furan rings is 1. The van der Waals surface area contributed by atoms with E-state index in [2.05, 4.69) is 5.32 Å². The van der Waals surface area contributed by atoms with Gasteiger partial charge in [-0.05, 0) is 11.5 Å². The molecule has 0 saturated heterocycles. The predicted molar refractivity (Wildman–Crippen MR) is 68.5 cm³/mol. The number of fused-ring (bicyclic) bond motifs is 1. The van der Waals surface area contributed by atoms with Gasteiger partial charge in [-0.15, -0.1) is 0 Å². The minimum absolute atomic E-state index is 0. The van der Waals surface area contributed by atoms with Crippen molar-refractivity contribution in [2.24, 2.45) is 0 Å². The number of hydrogen-bond donors (Lipinski definition) is 2. The second-order valence-corrected chi connectivity index (χ2v) is 3.40. The minimum atomic E-state index is -0.144. The Hall–Kier alpha value is -1.53. The first-order valence-corrected chi connectivity index (χ1v) is 5.38. The molecule has 0 unspecified atom stereocenters. The Bertz CT molecular complexity index is 593. The molecular formula is C13H11NO5Y-2. The summed E-state index contributed by atoms with van der Waals surface area (Å²) in [6.45, 7) is 2.24. The van der Waals surface area contributed by atoms with E-state index < -0.39 is 0 Å². The standard InChI is InChI=1S/C12H10NO3.CHO2.Y/c1-2-9(15)12-11(13-7-14)8-5-3-4-6-10(8)16-12;2-1-3;/h3-6H,2H2,1H3,(H,13,14);(H,2,3);/q2*-1;. The molecule has 0 aliphatic rings. The third-order valence-electron chi connectivity index (χ3n) is 2.35. The molecule has 1 heterocycles. The van der Waals surface area contributed by atoms with Crippen LogP contribution in [0.4, 0.5) is 5.69 Å². The largest absolute Gasteiger partial charge is 0.665 e. The fourth-order valence-electron chi connectivity index (χ4n) is 1.58. The molecular weight excluding hydrogens is 339 g/mol. The van der Waals surface area contributed by atoms with Gasteiger partial charge >= 0.3 is 0 Å². The second-order valence-electron chi connectivity index (χ2n) is 3.40. The average molecular weight is 350 g/mol. The minimum Gasteiger partial charge on any atom is -0.665 e. The van der Waals surface area contributed by atoms with Crippen LogP contribution in [-0.2, 0) is 42.3 Å². The van der Waals surface area contributed by atoms with E-state index in [4.69, 9.17) is 14.3 Å². The summed E-state index contributed by atoms with van der Waals surface area (Å²) in [4.78, 5) is 30.2. The predicted octanol–water partition coefficient (Wildman–Crippen LogP) is 2.11. The fraction of sp³-hybridized carbons (Fsp3) is 0.154. The van der Waals surface area contributed by atoms with Gasteiger partial charge in [-0.25, -0.2) is 0 Å². The second kappa shape index (κ2) is 9.39. The Kier molecular flexibility index (Phi) is 8.67. The average Bonchev–Trinajstić information content (AvgIpc) is 2.78. The first-order chi connectivity index (χ1) is 9.19. The molecule has 7 heteroatoms. The van der Waals surface area contributed by atoms with E-state index in [-0.39, 0.29) is 44.3 Å². The molecule has 0 atom stereocenters. The van der Waals surface area contributed by atoms with Crippen molar-refractivity contribution in [1.82, 2.24) is 0 Å². The third-order valence-corrected chi connectivity index (χ3v) is 2.35. The van der Waals surface area contributed by atoms with E-state index in [1.807, 2.05) is 6.07 Å². The zero-order valence-corrected chi connectivity index (χ0v) is 13.5. The molecule has 1 radical (unpaired) electrons. The van der Waals surface area contributed by atoms with Gasteiger partial charge in [0.1, 0.15) is 11.3 Å². The smallest absolute Gasteiger partial charge is 0.181 e. The zero-order chi connectivity index (χ0) is 14.3. The monoisotopic (exact) mass is 350 g/mol. The Labute approximate surface area is 140 Å². The third kappa shape index (κ3) is 4.25. The number of benzene rings is 1. The molecule has 1 aromatic heterocycles. The number of amides is 1. The molecule has 6 nitrogen and oxygen atoms in total. The number of rotatable bonds is 4. The molecule has 2 N–H and O–H groups in total. The zero-order valence-electron chi connectivity index (χ0n) is 10.7. The van der Waals surface area contributed by atoms with Crippen molar-refractivity contribution in [1.29, 1.82) is 0 Å². The molecule has 1 amide bonds. The molecule has 1 aromatic carbocycles. The van der Waals surface area contributed by atoms with Crippen molar-refractivity contribution >= 4 is 35.3 Å². The molecule has 2 aromatic rings. The van der Waals surface area contributed by atoms with Crippen LogP contribution < -0.4 is 5.32 Å². The summed E-state index contributed by atoms with van der Waals surface area (Å²) in [6.07, 6.45) is 1.90. The molecule has 20 heavy (non-hydrogen) atoms. The van der Waals surface area contributed by atoms with E-state index in [9.17, 15) is 9.59 Å². The summed E-state index contributed by atoms with van der Waals surface area (Å²) in [7, 11) is 0. The molecule has 0 aliphatic heterocycles. The van der Waals surface area contributed by atoms with Gasteiger partial charge in [-0.3, -0.25) is 4.79 Å². The van der Waals surface area contributed by atoms with Crippen molar-refractivity contribution < 1.29 is 56.6 Å². The van der Waals surface area contributed by atoms with Crippen LogP contribution in [0, 0.1) is 0 Å². The van der Waals surface area contributed by atoms with E-state index in [0.29, 0.717) is 29.5 Å². The van der Waals surface area contributed by atoms with E-state index in [1.54, 1.807) is 31.5 Å². The van der Waals surface area contributed by atoms with Crippen LogP contribution >= 0.6 is 0 Å². The molecule has 0 spiro atoms. The molecule has 0 bridgehead atoms. The number of para-hydroxylation sites is 1. The number of anilines is 1. The maximum Gasteiger partial charge on any atom is 0.181 e. The van der Waals surface area contributed by atoms with Gasteiger partial charge < -0.3 is 24.4 Å². The first-order valence-electron chi connectivity index (χ1n) is 5.38. The van der Waals surface area contributed by atoms with Gasteiger partial charge in [-0.1, -0.05) is 37.3 Å². The quantitative estimate of drug-likeness (QED) is 0.500. The molecule has 103 valence electrons. The number of Topliss-reactive ketones (excluding diaryl/α,β-unsaturated/α-hetero) is 1. The maximum absolute atomic E-state index is 11.6. The summed E-state index contributed by atoms with van der Waals surface area (Å²) in [5.74, 6) is 0.0426. The van der Waals surface area contributed by atoms with Crippen LogP contribution in [0.3, 0.4) is 0 Å². The Morgan fingerprint density at radius 3 is 2.50 bits per heavy atom. The summed E-state index contributed by atoms with van der Waals surface area (Å²) in [5, 5.41) is 9.87. The van der Waals surface area contributed by atoms with Crippen LogP contribution in [0.25, 0.3) is 11.0 Å². The van der Waals surface area contributed by atoms with Gasteiger partial charge in [0.05, 0.1) is 6.41 Å². The molecule has 0 saturated carbocycles. The number of carbonyl (C=O) groups excluding carboxylic acids is 2. The number of hydrogen-bond acceptors (Lipinski definition) is 4. The first kappa shape index (κ1) is 18.5. The summed E-state index contributed by atoms with van der Waals surface area (Å²) < 4.78 is 5.41. The summed E-state index contributed by atoms with van der Waals surface area (Å²) >= 11 is 0. The van der Waals surface area contributed by atoms with Crippen LogP contribution in [0.5, 0.6) is 0 Å². The number of carbonyl (C=O) groups is 1. The fourth-order valence-corrected chi connectivity index (χ4v) is 1.58. The van der Waals surface area contributed by atoms with Crippen molar-refractivity contribution in [3.05, 3.63) is 30.0 Å². The van der Waals surface area contributed by atoms with Crippen molar-refractivity contribution in [3.8, 4) is 0 Å². The van der Waals surface area contributed by atoms with Crippen LogP contribution in [0.15, 0.2) is 28.7 Å². The van der Waals surface area contributed by atoms with E-state index in [1.165, 1.54) is 0 Å². The van der Waals surface area contributed by atoms with Gasteiger partial charge in [0.15, 0.2) is 5.78 Å². The normalized spacial score (nSPS) is 8.85. The van der Waals surface area contributed by atoms with E-state index >= 15 is 0 Å². The number of aliphatic hydroxyl groups excluding tert-OH is 1. The Morgan fingerprint density at radius 2 is 1.95 bits per heavy atom. The number of nitrogens with one attached hydrogen (secondary N) is 1. The van der Waals surface area contributed by atoms with Crippen LogP contribution in [0.2, 0.25) is 0 Å². The molecule has 0 fully saturated rings. The van der Waals surface area contributed by atoms with Crippen molar-refractivity contribution in [2.75, 3.05) is 5.32 Å². The topological polar surface area (TPSA) is 96.6 Å². The van der Waals surface area contributed by atoms with Gasteiger partial charge in [0, 0.05) is 39.1 Å². The van der Waals surface area contributed by atoms with Crippen LogP contribution in [-0.4, -0.2) is 23.8 Å². The van der Waals surface area contributed by atoms with E-state index in [0.717, 1.165) is 0 Å². The van der Waals surface area contributed by atoms with Gasteiger partial charge in [-0.2, -0.15) is 0 Å². The molecule has 0 aliphatic carbocycles. The number of ketones is 1. The maximum atomic E-state index is 11.6.